The maximum Gasteiger partial charge on any atom is 0.223 e. The number of carbonyl (C=O) groups is 1. The monoisotopic (exact) mass is 335 g/mol. The van der Waals surface area contributed by atoms with E-state index in [2.05, 4.69) is 59.4 Å². The van der Waals surface area contributed by atoms with E-state index < -0.39 is 0 Å². The lowest BCUT2D eigenvalue weighted by Crippen LogP contribution is -2.39. The van der Waals surface area contributed by atoms with Crippen molar-refractivity contribution < 1.29 is 4.79 Å². The number of nitrogens with one attached hydrogen (secondary N) is 1. The van der Waals surface area contributed by atoms with Gasteiger partial charge in [-0.25, -0.2) is 0 Å². The third-order valence-electron chi connectivity index (χ3n) is 3.97. The molecule has 0 aliphatic heterocycles. The number of hydrogen-bond donors (Lipinski definition) is 1. The second-order valence-corrected chi connectivity index (χ2v) is 7.01. The van der Waals surface area contributed by atoms with E-state index in [1.807, 2.05) is 12.1 Å². The van der Waals surface area contributed by atoms with Crippen LogP contribution in [0, 0.1) is 5.92 Å². The van der Waals surface area contributed by atoms with Gasteiger partial charge in [-0.2, -0.15) is 0 Å². The third kappa shape index (κ3) is 3.95. The maximum absolute atomic E-state index is 12.2. The van der Waals surface area contributed by atoms with Crippen molar-refractivity contribution in [3.05, 3.63) is 46.5 Å². The molecule has 1 aliphatic rings. The Morgan fingerprint density at radius 3 is 2.60 bits per heavy atom. The molecule has 1 N–H and O–H groups in total. The van der Waals surface area contributed by atoms with E-state index in [1.54, 1.807) is 0 Å². The molecular weight excluding hydrogens is 314 g/mol. The first-order valence-corrected chi connectivity index (χ1v) is 7.97. The molecule has 1 aromatic rings. The molecule has 3 heteroatoms. The smallest absolute Gasteiger partial charge is 0.223 e. The molecule has 1 unspecified atom stereocenters. The Labute approximate surface area is 129 Å². The first-order valence-electron chi connectivity index (χ1n) is 7.18. The number of hydrogen-bond acceptors (Lipinski definition) is 1. The quantitative estimate of drug-likeness (QED) is 0.821. The molecule has 0 saturated carbocycles. The molecule has 1 aliphatic carbocycles. The summed E-state index contributed by atoms with van der Waals surface area (Å²) in [6.45, 7) is 5.00. The van der Waals surface area contributed by atoms with E-state index in [0.29, 0.717) is 6.54 Å². The highest BCUT2D eigenvalue weighted by Gasteiger charge is 2.24. The van der Waals surface area contributed by atoms with Crippen LogP contribution < -0.4 is 5.32 Å². The third-order valence-corrected chi connectivity index (χ3v) is 4.50. The van der Waals surface area contributed by atoms with E-state index in [9.17, 15) is 4.79 Å². The highest BCUT2D eigenvalue weighted by Crippen LogP contribution is 2.25. The van der Waals surface area contributed by atoms with Crippen molar-refractivity contribution in [1.29, 1.82) is 0 Å². The fraction of sp³-hybridized carbons (Fsp3) is 0.471. The van der Waals surface area contributed by atoms with Crippen molar-refractivity contribution in [2.45, 2.75) is 38.5 Å². The molecule has 20 heavy (non-hydrogen) atoms. The zero-order valence-electron chi connectivity index (χ0n) is 12.2. The molecule has 0 saturated heterocycles. The van der Waals surface area contributed by atoms with Gasteiger partial charge < -0.3 is 5.32 Å². The standard InChI is InChI=1S/C17H22BrNO/c1-17(2,14-8-10-15(18)11-9-14)12-19-16(20)13-6-4-3-5-7-13/h3-4,8-11,13H,5-7,12H2,1-2H3,(H,19,20). The number of rotatable bonds is 4. The molecule has 2 rings (SSSR count). The van der Waals surface area contributed by atoms with Gasteiger partial charge in [0.2, 0.25) is 5.91 Å². The lowest BCUT2D eigenvalue weighted by molar-refractivity contribution is -0.125. The average Bonchev–Trinajstić information content (AvgIpc) is 2.46. The van der Waals surface area contributed by atoms with Crippen LogP contribution in [0.1, 0.15) is 38.7 Å². The van der Waals surface area contributed by atoms with Crippen LogP contribution in [0.5, 0.6) is 0 Å². The molecule has 108 valence electrons. The van der Waals surface area contributed by atoms with Crippen LogP contribution in [0.2, 0.25) is 0 Å². The fourth-order valence-electron chi connectivity index (χ4n) is 2.49. The number of allylic oxidation sites excluding steroid dienone is 2. The Balaban J connectivity index is 1.93. The Morgan fingerprint density at radius 1 is 1.30 bits per heavy atom. The van der Waals surface area contributed by atoms with E-state index in [1.165, 1.54) is 5.56 Å². The summed E-state index contributed by atoms with van der Waals surface area (Å²) in [5.41, 5.74) is 1.19. The van der Waals surface area contributed by atoms with Gasteiger partial charge in [0, 0.05) is 22.4 Å². The predicted molar refractivity (Wildman–Crippen MR) is 86.7 cm³/mol. The van der Waals surface area contributed by atoms with Crippen LogP contribution in [0.4, 0.5) is 0 Å². The van der Waals surface area contributed by atoms with Gasteiger partial charge in [0.1, 0.15) is 0 Å². The second-order valence-electron chi connectivity index (χ2n) is 6.09. The van der Waals surface area contributed by atoms with Crippen LogP contribution in [-0.4, -0.2) is 12.5 Å². The largest absolute Gasteiger partial charge is 0.355 e. The lowest BCUT2D eigenvalue weighted by Gasteiger charge is -2.27. The number of amides is 1. The molecule has 0 aromatic heterocycles. The van der Waals surface area contributed by atoms with Crippen molar-refractivity contribution >= 4 is 21.8 Å². The van der Waals surface area contributed by atoms with Gasteiger partial charge in [-0.3, -0.25) is 4.79 Å². The van der Waals surface area contributed by atoms with Crippen molar-refractivity contribution in [3.8, 4) is 0 Å². The minimum Gasteiger partial charge on any atom is -0.355 e. The Kier molecular flexibility index (Phi) is 5.03. The van der Waals surface area contributed by atoms with Crippen LogP contribution >= 0.6 is 15.9 Å². The van der Waals surface area contributed by atoms with Gasteiger partial charge in [0.25, 0.3) is 0 Å². The first kappa shape index (κ1) is 15.3. The normalized spacial score (nSPS) is 18.9. The highest BCUT2D eigenvalue weighted by atomic mass is 79.9. The summed E-state index contributed by atoms with van der Waals surface area (Å²) >= 11 is 3.45. The Hall–Kier alpha value is -1.09. The molecule has 0 spiro atoms. The van der Waals surface area contributed by atoms with Crippen molar-refractivity contribution in [2.75, 3.05) is 6.54 Å². The molecular formula is C17H22BrNO. The summed E-state index contributed by atoms with van der Waals surface area (Å²) in [6.07, 6.45) is 7.16. The molecule has 2 nitrogen and oxygen atoms in total. The SMILES string of the molecule is CC(C)(CNC(=O)C1CC=CCC1)c1ccc(Br)cc1. The first-order chi connectivity index (χ1) is 9.49. The van der Waals surface area contributed by atoms with E-state index in [4.69, 9.17) is 0 Å². The minimum atomic E-state index is -0.0547. The van der Waals surface area contributed by atoms with Gasteiger partial charge in [0.15, 0.2) is 0 Å². The Morgan fingerprint density at radius 2 is 2.00 bits per heavy atom. The lowest BCUT2D eigenvalue weighted by atomic mass is 9.84. The fourth-order valence-corrected chi connectivity index (χ4v) is 2.75. The molecule has 0 heterocycles. The van der Waals surface area contributed by atoms with Crippen molar-refractivity contribution in [2.24, 2.45) is 5.92 Å². The molecule has 1 aromatic carbocycles. The van der Waals surface area contributed by atoms with Gasteiger partial charge in [0.05, 0.1) is 0 Å². The van der Waals surface area contributed by atoms with Gasteiger partial charge in [-0.15, -0.1) is 0 Å². The number of carbonyl (C=O) groups excluding carboxylic acids is 1. The van der Waals surface area contributed by atoms with Gasteiger partial charge in [-0.1, -0.05) is 54.1 Å². The minimum absolute atomic E-state index is 0.0547. The van der Waals surface area contributed by atoms with E-state index in [-0.39, 0.29) is 17.2 Å². The molecule has 0 fully saturated rings. The topological polar surface area (TPSA) is 29.1 Å². The van der Waals surface area contributed by atoms with Crippen LogP contribution in [0.15, 0.2) is 40.9 Å². The van der Waals surface area contributed by atoms with Crippen molar-refractivity contribution in [1.82, 2.24) is 5.32 Å². The summed E-state index contributed by atoms with van der Waals surface area (Å²) in [5, 5.41) is 3.12. The van der Waals surface area contributed by atoms with E-state index >= 15 is 0 Å². The molecule has 0 bridgehead atoms. The zero-order chi connectivity index (χ0) is 14.6. The molecule has 0 radical (unpaired) electrons. The summed E-state index contributed by atoms with van der Waals surface area (Å²) in [7, 11) is 0. The van der Waals surface area contributed by atoms with E-state index in [0.717, 1.165) is 23.7 Å². The highest BCUT2D eigenvalue weighted by molar-refractivity contribution is 9.10. The zero-order valence-corrected chi connectivity index (χ0v) is 13.7. The van der Waals surface area contributed by atoms with Crippen molar-refractivity contribution in [3.63, 3.8) is 0 Å². The summed E-state index contributed by atoms with van der Waals surface area (Å²) in [6, 6.07) is 8.31. The molecule has 1 amide bonds. The Bertz CT molecular complexity index is 490. The molecule has 1 atom stereocenters. The van der Waals surface area contributed by atoms with Gasteiger partial charge >= 0.3 is 0 Å². The predicted octanol–water partition coefficient (Wildman–Crippen LogP) is 4.20. The van der Waals surface area contributed by atoms with Crippen LogP contribution in [0.25, 0.3) is 0 Å². The second kappa shape index (κ2) is 6.57. The maximum atomic E-state index is 12.2. The van der Waals surface area contributed by atoms with Crippen LogP contribution in [-0.2, 0) is 10.2 Å². The van der Waals surface area contributed by atoms with Crippen LogP contribution in [0.3, 0.4) is 0 Å². The average molecular weight is 336 g/mol. The number of halogens is 1. The number of benzene rings is 1. The summed E-state index contributed by atoms with van der Waals surface area (Å²) < 4.78 is 1.08. The van der Waals surface area contributed by atoms with Gasteiger partial charge in [-0.05, 0) is 37.0 Å². The summed E-state index contributed by atoms with van der Waals surface area (Å²) in [4.78, 5) is 12.2. The summed E-state index contributed by atoms with van der Waals surface area (Å²) in [5.74, 6) is 0.347.